The molecular weight excluding hydrogens is 460 g/mol. The van der Waals surface area contributed by atoms with Gasteiger partial charge >= 0.3 is 0 Å². The van der Waals surface area contributed by atoms with Crippen molar-refractivity contribution in [3.05, 3.63) is 34.5 Å². The minimum absolute atomic E-state index is 0.00106. The number of rotatable bonds is 12. The van der Waals surface area contributed by atoms with E-state index in [-0.39, 0.29) is 17.9 Å². The van der Waals surface area contributed by atoms with Gasteiger partial charge in [0.25, 0.3) is 0 Å². The van der Waals surface area contributed by atoms with E-state index >= 15 is 0 Å². The summed E-state index contributed by atoms with van der Waals surface area (Å²) < 4.78 is 0. The monoisotopic (exact) mass is 498 g/mol. The van der Waals surface area contributed by atoms with E-state index in [1.165, 1.54) is 35.2 Å². The summed E-state index contributed by atoms with van der Waals surface area (Å²) in [6, 6.07) is 5.72. The van der Waals surface area contributed by atoms with Crippen LogP contribution in [-0.2, 0) is 22.4 Å². The first-order valence-electron chi connectivity index (χ1n) is 13.5. The number of hydrogen-bond acceptors (Lipinski definition) is 4. The largest absolute Gasteiger partial charge is 0.384 e. The second kappa shape index (κ2) is 12.6. The van der Waals surface area contributed by atoms with Crippen molar-refractivity contribution >= 4 is 40.0 Å². The maximum atomic E-state index is 12.5. The molecule has 6 nitrogen and oxygen atoms in total. The molecule has 1 saturated heterocycles. The van der Waals surface area contributed by atoms with Gasteiger partial charge in [0, 0.05) is 47.8 Å². The number of aryl methyl sites for hydroxylation is 1. The number of nitrogens with zero attached hydrogens (tertiary/aromatic N) is 2. The molecule has 1 aromatic heterocycles. The van der Waals surface area contributed by atoms with Crippen LogP contribution in [0.5, 0.6) is 0 Å². The molecule has 0 saturated carbocycles. The zero-order chi connectivity index (χ0) is 24.6. The summed E-state index contributed by atoms with van der Waals surface area (Å²) in [7, 11) is 0. The predicted molar refractivity (Wildman–Crippen MR) is 143 cm³/mol. The van der Waals surface area contributed by atoms with Crippen LogP contribution < -0.4 is 10.6 Å². The van der Waals surface area contributed by atoms with E-state index in [4.69, 9.17) is 16.6 Å². The Labute approximate surface area is 214 Å². The number of likely N-dealkylation sites (tertiary alicyclic amines) is 1. The number of nitrogens with one attached hydrogen (secondary N) is 2. The Kier molecular flexibility index (Phi) is 9.25. The Balaban J connectivity index is 1.16. The van der Waals surface area contributed by atoms with Crippen molar-refractivity contribution in [2.75, 3.05) is 25.0 Å². The number of benzene rings is 1. The Hall–Kier alpha value is -2.34. The molecule has 1 aliphatic heterocycles. The normalized spacial score (nSPS) is 16.4. The average Bonchev–Trinajstić information content (AvgIpc) is 3.28. The summed E-state index contributed by atoms with van der Waals surface area (Å²) in [6.07, 6.45) is 12.2. The van der Waals surface area contributed by atoms with Gasteiger partial charge in [-0.3, -0.25) is 14.6 Å². The fourth-order valence-electron chi connectivity index (χ4n) is 5.47. The average molecular weight is 499 g/mol. The summed E-state index contributed by atoms with van der Waals surface area (Å²) in [5.74, 6) is 0.117. The highest BCUT2D eigenvalue weighted by Crippen LogP contribution is 2.34. The summed E-state index contributed by atoms with van der Waals surface area (Å²) in [4.78, 5) is 31.1. The standard InChI is InChI=1S/C28H39ClN4O2/c1-2-25(33-18-10-13-26(33)34)28(35)31-17-9-5-3-4-8-16-30-27-21-11-6-7-12-23(21)32-24-19-20(29)14-15-22(24)27/h14-15,19,25H,2-13,16-18H2,1H3,(H,30,32)(H,31,35). The number of amides is 2. The van der Waals surface area contributed by atoms with E-state index in [1.807, 2.05) is 19.1 Å². The number of anilines is 1. The van der Waals surface area contributed by atoms with Crippen molar-refractivity contribution in [3.63, 3.8) is 0 Å². The lowest BCUT2D eigenvalue weighted by Gasteiger charge is -2.25. The molecule has 1 unspecified atom stereocenters. The van der Waals surface area contributed by atoms with Gasteiger partial charge in [-0.25, -0.2) is 0 Å². The van der Waals surface area contributed by atoms with Gasteiger partial charge in [-0.1, -0.05) is 37.8 Å². The molecular formula is C28H39ClN4O2. The van der Waals surface area contributed by atoms with Gasteiger partial charge in [-0.05, 0) is 75.1 Å². The fourth-order valence-corrected chi connectivity index (χ4v) is 5.64. The number of hydrogen-bond donors (Lipinski definition) is 2. The van der Waals surface area contributed by atoms with Crippen molar-refractivity contribution in [3.8, 4) is 0 Å². The molecule has 1 aliphatic carbocycles. The molecule has 1 atom stereocenters. The summed E-state index contributed by atoms with van der Waals surface area (Å²) in [5, 5.41) is 8.68. The molecule has 2 heterocycles. The highest BCUT2D eigenvalue weighted by Gasteiger charge is 2.31. The maximum absolute atomic E-state index is 12.5. The first kappa shape index (κ1) is 25.7. The van der Waals surface area contributed by atoms with Gasteiger partial charge < -0.3 is 15.5 Å². The van der Waals surface area contributed by atoms with Crippen LogP contribution in [0, 0.1) is 0 Å². The van der Waals surface area contributed by atoms with E-state index in [9.17, 15) is 9.59 Å². The lowest BCUT2D eigenvalue weighted by Crippen LogP contribution is -2.47. The first-order chi connectivity index (χ1) is 17.1. The smallest absolute Gasteiger partial charge is 0.242 e. The quantitative estimate of drug-likeness (QED) is 0.371. The number of carbonyl (C=O) groups excluding carboxylic acids is 2. The lowest BCUT2D eigenvalue weighted by molar-refractivity contribution is -0.137. The van der Waals surface area contributed by atoms with E-state index in [2.05, 4.69) is 16.7 Å². The number of fused-ring (bicyclic) bond motifs is 2. The Bertz CT molecular complexity index is 1040. The number of unbranched alkanes of at least 4 members (excludes halogenated alkanes) is 4. The second-order valence-electron chi connectivity index (χ2n) is 9.88. The van der Waals surface area contributed by atoms with E-state index in [0.29, 0.717) is 25.9 Å². The maximum Gasteiger partial charge on any atom is 0.242 e. The van der Waals surface area contributed by atoms with Gasteiger partial charge in [0.15, 0.2) is 0 Å². The lowest BCUT2D eigenvalue weighted by atomic mass is 9.92. The number of halogens is 1. The Morgan fingerprint density at radius 3 is 2.60 bits per heavy atom. The van der Waals surface area contributed by atoms with Crippen molar-refractivity contribution in [1.82, 2.24) is 15.2 Å². The molecule has 35 heavy (non-hydrogen) atoms. The number of pyridine rings is 1. The highest BCUT2D eigenvalue weighted by atomic mass is 35.5. The third kappa shape index (κ3) is 6.46. The van der Waals surface area contributed by atoms with E-state index < -0.39 is 0 Å². The number of carbonyl (C=O) groups is 2. The van der Waals surface area contributed by atoms with E-state index in [0.717, 1.165) is 68.5 Å². The molecule has 7 heteroatoms. The van der Waals surface area contributed by atoms with Crippen LogP contribution in [-0.4, -0.2) is 47.4 Å². The second-order valence-corrected chi connectivity index (χ2v) is 10.3. The highest BCUT2D eigenvalue weighted by molar-refractivity contribution is 6.31. The van der Waals surface area contributed by atoms with Crippen LogP contribution in [0.25, 0.3) is 10.9 Å². The van der Waals surface area contributed by atoms with Gasteiger partial charge in [0.2, 0.25) is 11.8 Å². The van der Waals surface area contributed by atoms with Crippen LogP contribution in [0.4, 0.5) is 5.69 Å². The molecule has 190 valence electrons. The molecule has 0 spiro atoms. The Morgan fingerprint density at radius 1 is 1.06 bits per heavy atom. The molecule has 2 amide bonds. The van der Waals surface area contributed by atoms with Crippen LogP contribution in [0.1, 0.15) is 82.4 Å². The minimum atomic E-state index is -0.304. The van der Waals surface area contributed by atoms with Gasteiger partial charge in [-0.15, -0.1) is 0 Å². The van der Waals surface area contributed by atoms with Crippen molar-refractivity contribution in [2.45, 2.75) is 90.0 Å². The molecule has 2 aliphatic rings. The topological polar surface area (TPSA) is 74.3 Å². The van der Waals surface area contributed by atoms with Crippen molar-refractivity contribution < 1.29 is 9.59 Å². The summed E-state index contributed by atoms with van der Waals surface area (Å²) in [5.41, 5.74) is 4.87. The third-order valence-corrected chi connectivity index (χ3v) is 7.59. The molecule has 4 rings (SSSR count). The SMILES string of the molecule is CCC(C(=O)NCCCCCCCNc1c2c(nc3cc(Cl)ccc13)CCCC2)N1CCCC1=O. The molecule has 2 aromatic rings. The summed E-state index contributed by atoms with van der Waals surface area (Å²) >= 11 is 6.23. The molecule has 0 radical (unpaired) electrons. The molecule has 0 bridgehead atoms. The van der Waals surface area contributed by atoms with Gasteiger partial charge in [-0.2, -0.15) is 0 Å². The predicted octanol–water partition coefficient (Wildman–Crippen LogP) is 5.65. The first-order valence-corrected chi connectivity index (χ1v) is 13.9. The van der Waals surface area contributed by atoms with Crippen molar-refractivity contribution in [1.29, 1.82) is 0 Å². The van der Waals surface area contributed by atoms with Crippen LogP contribution in [0.2, 0.25) is 5.02 Å². The van der Waals surface area contributed by atoms with Gasteiger partial charge in [0.05, 0.1) is 5.52 Å². The zero-order valence-corrected chi connectivity index (χ0v) is 21.8. The summed E-state index contributed by atoms with van der Waals surface area (Å²) in [6.45, 7) is 4.33. The Morgan fingerprint density at radius 2 is 1.83 bits per heavy atom. The molecule has 2 N–H and O–H groups in total. The number of aromatic nitrogens is 1. The van der Waals surface area contributed by atoms with Crippen LogP contribution in [0.15, 0.2) is 18.2 Å². The van der Waals surface area contributed by atoms with Crippen LogP contribution >= 0.6 is 11.6 Å². The van der Waals surface area contributed by atoms with Crippen LogP contribution in [0.3, 0.4) is 0 Å². The van der Waals surface area contributed by atoms with Crippen molar-refractivity contribution in [2.24, 2.45) is 0 Å². The third-order valence-electron chi connectivity index (χ3n) is 7.36. The van der Waals surface area contributed by atoms with Gasteiger partial charge in [0.1, 0.15) is 6.04 Å². The minimum Gasteiger partial charge on any atom is -0.384 e. The molecule has 1 fully saturated rings. The fraction of sp³-hybridized carbons (Fsp3) is 0.607. The van der Waals surface area contributed by atoms with E-state index in [1.54, 1.807) is 4.90 Å². The molecule has 1 aromatic carbocycles. The zero-order valence-electron chi connectivity index (χ0n) is 21.0.